The van der Waals surface area contributed by atoms with E-state index in [4.69, 9.17) is 18.4 Å². The summed E-state index contributed by atoms with van der Waals surface area (Å²) in [5.41, 5.74) is 0.370. The molecule has 0 spiro atoms. The number of amides is 3. The third-order valence-corrected chi connectivity index (χ3v) is 12.1. The summed E-state index contributed by atoms with van der Waals surface area (Å²) in [5.74, 6) is 0.620. The van der Waals surface area contributed by atoms with E-state index in [9.17, 15) is 9.59 Å². The highest BCUT2D eigenvalue weighted by atomic mass is 28.4. The fourth-order valence-corrected chi connectivity index (χ4v) is 5.74. The van der Waals surface area contributed by atoms with E-state index in [2.05, 4.69) is 49.4 Å². The predicted octanol–water partition coefficient (Wildman–Crippen LogP) is 5.73. The number of nitrogens with one attached hydrogen (secondary N) is 1. The van der Waals surface area contributed by atoms with Crippen LogP contribution >= 0.6 is 0 Å². The van der Waals surface area contributed by atoms with Crippen LogP contribution in [-0.4, -0.2) is 65.3 Å². The second-order valence-corrected chi connectivity index (χ2v) is 17.8. The van der Waals surface area contributed by atoms with Gasteiger partial charge in [-0.25, -0.2) is 9.59 Å². The second-order valence-electron chi connectivity index (χ2n) is 13.0. The Morgan fingerprint density at radius 1 is 1.12 bits per heavy atom. The molecular formula is C28H43N5O6Si. The number of piperidine rings is 1. The number of alkyl carbamates (subject to hydrolysis) is 1. The fraction of sp³-hybridized carbons (Fsp3) is 0.643. The molecule has 220 valence electrons. The highest BCUT2D eigenvalue weighted by Crippen LogP contribution is 2.41. The van der Waals surface area contributed by atoms with Gasteiger partial charge in [0.25, 0.3) is 0 Å². The van der Waals surface area contributed by atoms with E-state index >= 15 is 0 Å². The van der Waals surface area contributed by atoms with Gasteiger partial charge in [-0.2, -0.15) is 5.06 Å². The van der Waals surface area contributed by atoms with Gasteiger partial charge in [-0.15, -0.1) is 10.2 Å². The number of aromatic nitrogens is 2. The van der Waals surface area contributed by atoms with Crippen LogP contribution in [0.1, 0.15) is 83.9 Å². The van der Waals surface area contributed by atoms with Gasteiger partial charge < -0.3 is 23.8 Å². The lowest BCUT2D eigenvalue weighted by atomic mass is 10.0. The van der Waals surface area contributed by atoms with Crippen LogP contribution in [0.25, 0.3) is 0 Å². The number of carbonyl (C=O) groups is 2. The van der Waals surface area contributed by atoms with Crippen LogP contribution < -0.4 is 5.32 Å². The molecule has 0 saturated carbocycles. The summed E-state index contributed by atoms with van der Waals surface area (Å²) >= 11 is 0. The molecule has 3 amide bonds. The number of hydrogen-bond acceptors (Lipinski definition) is 8. The average Bonchev–Trinajstić information content (AvgIpc) is 3.43. The molecule has 11 nitrogen and oxygen atoms in total. The minimum atomic E-state index is -2.28. The molecule has 2 aliphatic rings. The highest BCUT2D eigenvalue weighted by Gasteiger charge is 2.48. The fourth-order valence-electron chi connectivity index (χ4n) is 4.49. The number of rotatable bonds is 9. The lowest BCUT2D eigenvalue weighted by Crippen LogP contribution is -2.44. The summed E-state index contributed by atoms with van der Waals surface area (Å²) in [7, 11) is -2.28. The van der Waals surface area contributed by atoms with Gasteiger partial charge in [-0.3, -0.25) is 4.84 Å². The summed E-state index contributed by atoms with van der Waals surface area (Å²) in [6.07, 6.45) is 0.218. The molecule has 12 heteroatoms. The zero-order valence-corrected chi connectivity index (χ0v) is 25.9. The topological polar surface area (TPSA) is 119 Å². The Labute approximate surface area is 237 Å². The molecule has 3 heterocycles. The lowest BCUT2D eigenvalue weighted by Gasteiger charge is -2.38. The molecule has 0 radical (unpaired) electrons. The maximum absolute atomic E-state index is 13.3. The van der Waals surface area contributed by atoms with E-state index in [1.54, 1.807) is 4.90 Å². The van der Waals surface area contributed by atoms with E-state index in [1.807, 2.05) is 51.1 Å². The molecule has 4 rings (SSSR count). The van der Waals surface area contributed by atoms with Gasteiger partial charge in [0.05, 0.1) is 12.6 Å². The molecule has 2 aromatic rings. The molecule has 2 aliphatic heterocycles. The molecule has 0 aliphatic carbocycles. The first-order chi connectivity index (χ1) is 18.6. The predicted molar refractivity (Wildman–Crippen MR) is 150 cm³/mol. The van der Waals surface area contributed by atoms with Gasteiger partial charge in [0, 0.05) is 6.54 Å². The van der Waals surface area contributed by atoms with E-state index in [0.717, 1.165) is 12.0 Å². The van der Waals surface area contributed by atoms with E-state index in [0.29, 0.717) is 25.5 Å². The molecule has 40 heavy (non-hydrogen) atoms. The standard InChI is InChI=1S/C28H43N5O6Si/c1-27(2,3)38-25(34)29-16-22(39-40(7,8)28(4,5)6)24-31-30-23(37-24)21-15-14-20-17-32(21)26(35)33(20)36-18-19-12-10-9-11-13-19/h9-13,20-22H,14-18H2,1-8H3,(H,29,34)/t20-,21-,22?/m0/s1. The average molecular weight is 574 g/mol. The van der Waals surface area contributed by atoms with E-state index in [-0.39, 0.29) is 35.6 Å². The van der Waals surface area contributed by atoms with Gasteiger partial charge >= 0.3 is 12.1 Å². The summed E-state index contributed by atoms with van der Waals surface area (Å²) in [6, 6.07) is 9.18. The van der Waals surface area contributed by atoms with Crippen molar-refractivity contribution in [3.05, 3.63) is 47.7 Å². The zero-order valence-electron chi connectivity index (χ0n) is 24.9. The van der Waals surface area contributed by atoms with Gasteiger partial charge in [0.1, 0.15) is 24.4 Å². The summed E-state index contributed by atoms with van der Waals surface area (Å²) in [6.45, 7) is 17.1. The Balaban J connectivity index is 1.47. The lowest BCUT2D eigenvalue weighted by molar-refractivity contribution is -0.140. The first kappa shape index (κ1) is 30.0. The van der Waals surface area contributed by atoms with Crippen molar-refractivity contribution >= 4 is 20.4 Å². The second kappa shape index (κ2) is 11.5. The van der Waals surface area contributed by atoms with Crippen molar-refractivity contribution in [1.29, 1.82) is 0 Å². The monoisotopic (exact) mass is 573 g/mol. The van der Waals surface area contributed by atoms with Crippen molar-refractivity contribution in [1.82, 2.24) is 25.5 Å². The molecule has 1 aromatic heterocycles. The van der Waals surface area contributed by atoms with E-state index in [1.165, 1.54) is 5.06 Å². The zero-order chi connectivity index (χ0) is 29.3. The number of hydrogen-bond donors (Lipinski definition) is 1. The summed E-state index contributed by atoms with van der Waals surface area (Å²) < 4.78 is 18.2. The number of benzene rings is 1. The van der Waals surface area contributed by atoms with Crippen molar-refractivity contribution in [2.24, 2.45) is 0 Å². The quantitative estimate of drug-likeness (QED) is 0.378. The smallest absolute Gasteiger partial charge is 0.407 e. The number of urea groups is 1. The molecule has 2 bridgehead atoms. The number of ether oxygens (including phenoxy) is 1. The van der Waals surface area contributed by atoms with Crippen LogP contribution in [0.3, 0.4) is 0 Å². The maximum Gasteiger partial charge on any atom is 0.407 e. The first-order valence-electron chi connectivity index (χ1n) is 13.9. The summed E-state index contributed by atoms with van der Waals surface area (Å²) in [5, 5.41) is 12.8. The SMILES string of the molecule is CC(C)(C)OC(=O)NCC(O[Si](C)(C)C(C)(C)C)c1nnc([C@@H]2CC[C@H]3CN2C(=O)N3OCc2ccccc2)o1. The van der Waals surface area contributed by atoms with Crippen LogP contribution in [0.4, 0.5) is 9.59 Å². The number of hydroxylamine groups is 2. The molecule has 2 fully saturated rings. The van der Waals surface area contributed by atoms with E-state index < -0.39 is 26.1 Å². The van der Waals surface area contributed by atoms with Crippen molar-refractivity contribution in [3.8, 4) is 0 Å². The van der Waals surface area contributed by atoms with Crippen molar-refractivity contribution in [2.75, 3.05) is 13.1 Å². The van der Waals surface area contributed by atoms with Crippen molar-refractivity contribution < 1.29 is 28.0 Å². The summed E-state index contributed by atoms with van der Waals surface area (Å²) in [4.78, 5) is 33.3. The van der Waals surface area contributed by atoms with Crippen LogP contribution in [0, 0.1) is 0 Å². The van der Waals surface area contributed by atoms with Crippen molar-refractivity contribution in [2.45, 2.75) is 103 Å². The Kier molecular flexibility index (Phi) is 8.62. The molecule has 3 atom stereocenters. The Bertz CT molecular complexity index is 1180. The largest absolute Gasteiger partial charge is 0.444 e. The molecule has 1 aromatic carbocycles. The first-order valence-corrected chi connectivity index (χ1v) is 16.8. The van der Waals surface area contributed by atoms with Gasteiger partial charge in [0.2, 0.25) is 11.8 Å². The minimum Gasteiger partial charge on any atom is -0.444 e. The number of fused-ring (bicyclic) bond motifs is 2. The Morgan fingerprint density at radius 3 is 2.48 bits per heavy atom. The maximum atomic E-state index is 13.3. The van der Waals surface area contributed by atoms with Gasteiger partial charge in [0.15, 0.2) is 8.32 Å². The third kappa shape index (κ3) is 7.02. The van der Waals surface area contributed by atoms with Gasteiger partial charge in [-0.1, -0.05) is 51.1 Å². The van der Waals surface area contributed by atoms with Crippen LogP contribution in [-0.2, 0) is 20.6 Å². The molecule has 2 saturated heterocycles. The Morgan fingerprint density at radius 2 is 1.82 bits per heavy atom. The molecule has 1 unspecified atom stereocenters. The van der Waals surface area contributed by atoms with Gasteiger partial charge in [-0.05, 0) is 57.3 Å². The number of nitrogens with zero attached hydrogens (tertiary/aromatic N) is 4. The molecule has 1 N–H and O–H groups in total. The third-order valence-electron chi connectivity index (χ3n) is 7.63. The number of carbonyl (C=O) groups excluding carboxylic acids is 2. The highest BCUT2D eigenvalue weighted by molar-refractivity contribution is 6.74. The Hall–Kier alpha value is -2.96. The normalized spacial score (nSPS) is 20.6. The van der Waals surface area contributed by atoms with Crippen LogP contribution in [0.5, 0.6) is 0 Å². The minimum absolute atomic E-state index is 0.0254. The van der Waals surface area contributed by atoms with Crippen LogP contribution in [0.15, 0.2) is 34.7 Å². The van der Waals surface area contributed by atoms with Crippen LogP contribution in [0.2, 0.25) is 18.1 Å². The van der Waals surface area contributed by atoms with Crippen molar-refractivity contribution in [3.63, 3.8) is 0 Å². The molecular weight excluding hydrogens is 530 g/mol.